The average molecular weight is 344 g/mol. The number of methoxy groups -OCH3 is 1. The van der Waals surface area contributed by atoms with Crippen molar-refractivity contribution in [1.82, 2.24) is 0 Å². The third-order valence-corrected chi connectivity index (χ3v) is 3.50. The molecule has 0 aliphatic carbocycles. The Kier molecular flexibility index (Phi) is 8.73. The van der Waals surface area contributed by atoms with Gasteiger partial charge in [-0.25, -0.2) is 4.79 Å². The quantitative estimate of drug-likeness (QED) is 0.358. The normalized spacial score (nSPS) is 12.0. The molecule has 0 fully saturated rings. The molecule has 0 amide bonds. The van der Waals surface area contributed by atoms with E-state index in [1.54, 1.807) is 13.8 Å². The first-order chi connectivity index (χ1) is 11.0. The van der Waals surface area contributed by atoms with Crippen LogP contribution in [0.4, 0.5) is 0 Å². The van der Waals surface area contributed by atoms with Gasteiger partial charge < -0.3 is 19.3 Å². The van der Waals surface area contributed by atoms with E-state index < -0.39 is 54.8 Å². The largest absolute Gasteiger partial charge is 0.481 e. The van der Waals surface area contributed by atoms with Crippen LogP contribution in [0.15, 0.2) is 12.2 Å². The Morgan fingerprint density at radius 1 is 1.17 bits per heavy atom. The summed E-state index contributed by atoms with van der Waals surface area (Å²) >= 11 is 0. The molecule has 0 bridgehead atoms. The summed E-state index contributed by atoms with van der Waals surface area (Å²) in [4.78, 5) is 45.7. The lowest BCUT2D eigenvalue weighted by Crippen LogP contribution is -2.31. The van der Waals surface area contributed by atoms with E-state index >= 15 is 0 Å². The molecular weight excluding hydrogens is 320 g/mol. The van der Waals surface area contributed by atoms with Gasteiger partial charge in [-0.15, -0.1) is 0 Å². The van der Waals surface area contributed by atoms with Crippen molar-refractivity contribution in [2.24, 2.45) is 11.3 Å². The van der Waals surface area contributed by atoms with E-state index in [2.05, 4.69) is 11.3 Å². The Labute approximate surface area is 140 Å². The molecular formula is C16H24O8. The van der Waals surface area contributed by atoms with Gasteiger partial charge in [0.1, 0.15) is 19.1 Å². The van der Waals surface area contributed by atoms with Gasteiger partial charge in [0.2, 0.25) is 0 Å². The second-order valence-electron chi connectivity index (χ2n) is 5.83. The molecule has 0 aromatic rings. The molecule has 0 aliphatic rings. The van der Waals surface area contributed by atoms with Crippen LogP contribution < -0.4 is 0 Å². The highest BCUT2D eigenvalue weighted by atomic mass is 16.5. The van der Waals surface area contributed by atoms with Crippen molar-refractivity contribution >= 4 is 23.9 Å². The summed E-state index contributed by atoms with van der Waals surface area (Å²) in [6, 6.07) is 0. The van der Waals surface area contributed by atoms with Crippen LogP contribution in [-0.4, -0.2) is 49.3 Å². The van der Waals surface area contributed by atoms with Crippen LogP contribution in [0.3, 0.4) is 0 Å². The Hall–Kier alpha value is -2.38. The van der Waals surface area contributed by atoms with Gasteiger partial charge in [-0.2, -0.15) is 0 Å². The molecule has 0 spiro atoms. The highest BCUT2D eigenvalue weighted by Gasteiger charge is 2.30. The smallest absolute Gasteiger partial charge is 0.336 e. The molecule has 1 N–H and O–H groups in total. The molecule has 0 rings (SSSR count). The molecule has 0 saturated carbocycles. The molecule has 0 aliphatic heterocycles. The lowest BCUT2D eigenvalue weighted by Gasteiger charge is -2.21. The summed E-state index contributed by atoms with van der Waals surface area (Å²) in [7, 11) is 1.15. The van der Waals surface area contributed by atoms with Crippen molar-refractivity contribution in [3.05, 3.63) is 12.2 Å². The number of aliphatic carboxylic acids is 1. The van der Waals surface area contributed by atoms with Crippen molar-refractivity contribution in [3.63, 3.8) is 0 Å². The van der Waals surface area contributed by atoms with Gasteiger partial charge in [-0.05, 0) is 20.3 Å². The highest BCUT2D eigenvalue weighted by Crippen LogP contribution is 2.22. The lowest BCUT2D eigenvalue weighted by atomic mass is 9.90. The summed E-state index contributed by atoms with van der Waals surface area (Å²) in [5, 5.41) is 9.11. The van der Waals surface area contributed by atoms with Crippen LogP contribution in [0.1, 0.15) is 33.6 Å². The van der Waals surface area contributed by atoms with Crippen molar-refractivity contribution in [2.45, 2.75) is 33.6 Å². The third kappa shape index (κ3) is 7.26. The predicted molar refractivity (Wildman–Crippen MR) is 82.9 cm³/mol. The summed E-state index contributed by atoms with van der Waals surface area (Å²) in [5.74, 6) is -4.64. The number of ether oxygens (including phenoxy) is 3. The number of carbonyl (C=O) groups is 4. The second-order valence-corrected chi connectivity index (χ2v) is 5.83. The third-order valence-electron chi connectivity index (χ3n) is 3.50. The minimum atomic E-state index is -1.29. The maximum absolute atomic E-state index is 11.8. The van der Waals surface area contributed by atoms with Crippen molar-refractivity contribution in [3.8, 4) is 0 Å². The molecule has 0 saturated heterocycles. The first kappa shape index (κ1) is 21.6. The molecule has 0 aromatic carbocycles. The second kappa shape index (κ2) is 9.69. The van der Waals surface area contributed by atoms with Gasteiger partial charge in [-0.3, -0.25) is 14.4 Å². The SMILES string of the molecule is C=C(COC(=O)CC(COC(=O)C(C)(C)CC)C(=O)O)C(=O)OC. The van der Waals surface area contributed by atoms with E-state index in [1.165, 1.54) is 0 Å². The fraction of sp³-hybridized carbons (Fsp3) is 0.625. The Bertz CT molecular complexity index is 506. The highest BCUT2D eigenvalue weighted by molar-refractivity contribution is 5.88. The fourth-order valence-corrected chi connectivity index (χ4v) is 1.36. The van der Waals surface area contributed by atoms with Crippen molar-refractivity contribution in [1.29, 1.82) is 0 Å². The van der Waals surface area contributed by atoms with Crippen molar-refractivity contribution < 1.29 is 38.5 Å². The first-order valence-corrected chi connectivity index (χ1v) is 7.36. The van der Waals surface area contributed by atoms with Gasteiger partial charge in [0, 0.05) is 0 Å². The van der Waals surface area contributed by atoms with Crippen LogP contribution in [0.5, 0.6) is 0 Å². The molecule has 1 atom stereocenters. The zero-order valence-electron chi connectivity index (χ0n) is 14.4. The van der Waals surface area contributed by atoms with Crippen LogP contribution in [0.2, 0.25) is 0 Å². The van der Waals surface area contributed by atoms with E-state index in [1.807, 2.05) is 6.92 Å². The summed E-state index contributed by atoms with van der Waals surface area (Å²) in [5.41, 5.74) is -0.809. The van der Waals surface area contributed by atoms with Crippen LogP contribution in [0.25, 0.3) is 0 Å². The molecule has 0 aromatic heterocycles. The van der Waals surface area contributed by atoms with E-state index in [-0.39, 0.29) is 5.57 Å². The van der Waals surface area contributed by atoms with Crippen molar-refractivity contribution in [2.75, 3.05) is 20.3 Å². The molecule has 24 heavy (non-hydrogen) atoms. The standard InChI is InChI=1S/C16H24O8/c1-6-16(3,4)15(21)24-9-11(13(18)19)7-12(17)23-8-10(2)14(20)22-5/h11H,2,6-9H2,1,3-5H3,(H,18,19). The molecule has 1 unspecified atom stereocenters. The maximum atomic E-state index is 11.8. The Balaban J connectivity index is 4.51. The lowest BCUT2D eigenvalue weighted by molar-refractivity contribution is -0.162. The number of carbonyl (C=O) groups excluding carboxylic acids is 3. The number of carboxylic acid groups (broad SMARTS) is 1. The van der Waals surface area contributed by atoms with Gasteiger partial charge in [-0.1, -0.05) is 13.5 Å². The zero-order valence-corrected chi connectivity index (χ0v) is 14.4. The summed E-state index contributed by atoms with van der Waals surface area (Å²) in [6.07, 6.45) is 0.0326. The number of esters is 3. The van der Waals surface area contributed by atoms with Crippen LogP contribution in [-0.2, 0) is 33.4 Å². The van der Waals surface area contributed by atoms with Gasteiger partial charge in [0.05, 0.1) is 24.5 Å². The van der Waals surface area contributed by atoms with Gasteiger partial charge >= 0.3 is 23.9 Å². The number of hydrogen-bond donors (Lipinski definition) is 1. The molecule has 0 radical (unpaired) electrons. The first-order valence-electron chi connectivity index (χ1n) is 7.36. The van der Waals surface area contributed by atoms with Gasteiger partial charge in [0.25, 0.3) is 0 Å². The molecule has 136 valence electrons. The van der Waals surface area contributed by atoms with E-state index in [9.17, 15) is 19.2 Å². The Morgan fingerprint density at radius 3 is 2.21 bits per heavy atom. The summed E-state index contributed by atoms with van der Waals surface area (Å²) < 4.78 is 14.1. The van der Waals surface area contributed by atoms with E-state index in [0.29, 0.717) is 6.42 Å². The van der Waals surface area contributed by atoms with Crippen LogP contribution in [0, 0.1) is 11.3 Å². The molecule has 0 heterocycles. The van der Waals surface area contributed by atoms with Crippen LogP contribution >= 0.6 is 0 Å². The predicted octanol–water partition coefficient (Wildman–Crippen LogP) is 1.33. The number of rotatable bonds is 10. The minimum absolute atomic E-state index is 0.0751. The summed E-state index contributed by atoms with van der Waals surface area (Å²) in [6.45, 7) is 7.69. The molecule has 8 heteroatoms. The monoisotopic (exact) mass is 344 g/mol. The average Bonchev–Trinajstić information content (AvgIpc) is 2.54. The van der Waals surface area contributed by atoms with E-state index in [4.69, 9.17) is 14.6 Å². The molecule has 8 nitrogen and oxygen atoms in total. The van der Waals surface area contributed by atoms with Gasteiger partial charge in [0.15, 0.2) is 0 Å². The zero-order chi connectivity index (χ0) is 18.9. The van der Waals surface area contributed by atoms with E-state index in [0.717, 1.165) is 7.11 Å². The Morgan fingerprint density at radius 2 is 1.75 bits per heavy atom. The number of carboxylic acids is 1. The number of hydrogen-bond acceptors (Lipinski definition) is 7. The minimum Gasteiger partial charge on any atom is -0.481 e. The fourth-order valence-electron chi connectivity index (χ4n) is 1.36. The topological polar surface area (TPSA) is 116 Å². The maximum Gasteiger partial charge on any atom is 0.336 e.